The smallest absolute Gasteiger partial charge is 0.0246 e. The van der Waals surface area contributed by atoms with E-state index in [-0.39, 0.29) is 0 Å². The van der Waals surface area contributed by atoms with E-state index in [2.05, 4.69) is 18.7 Å². The van der Waals surface area contributed by atoms with Crippen molar-refractivity contribution >= 4 is 0 Å². The van der Waals surface area contributed by atoms with Gasteiger partial charge in [-0.2, -0.15) is 0 Å². The zero-order valence-corrected chi connectivity index (χ0v) is 8.42. The lowest BCUT2D eigenvalue weighted by Crippen LogP contribution is -2.49. The van der Waals surface area contributed by atoms with Crippen LogP contribution in [0, 0.1) is 0 Å². The Kier molecular flexibility index (Phi) is 4.02. The molecule has 2 heteroatoms. The number of rotatable bonds is 3. The molecular formula is C10H22N2. The van der Waals surface area contributed by atoms with Crippen molar-refractivity contribution in [3.05, 3.63) is 0 Å². The van der Waals surface area contributed by atoms with Gasteiger partial charge in [0, 0.05) is 12.1 Å². The topological polar surface area (TPSA) is 29.3 Å². The number of nitrogens with zero attached hydrogens (tertiary/aromatic N) is 1. The first-order valence-electron chi connectivity index (χ1n) is 5.29. The fourth-order valence-corrected chi connectivity index (χ4v) is 2.29. The highest BCUT2D eigenvalue weighted by Gasteiger charge is 2.25. The molecular weight excluding hydrogens is 148 g/mol. The molecule has 2 atom stereocenters. The van der Waals surface area contributed by atoms with E-state index in [4.69, 9.17) is 5.73 Å². The summed E-state index contributed by atoms with van der Waals surface area (Å²) in [5.41, 5.74) is 6.09. The Morgan fingerprint density at radius 2 is 1.75 bits per heavy atom. The summed E-state index contributed by atoms with van der Waals surface area (Å²) >= 11 is 0. The zero-order chi connectivity index (χ0) is 8.97. The van der Waals surface area contributed by atoms with Crippen molar-refractivity contribution < 1.29 is 0 Å². The third-order valence-corrected chi connectivity index (χ3v) is 3.06. The van der Waals surface area contributed by atoms with Crippen molar-refractivity contribution in [1.82, 2.24) is 4.90 Å². The molecule has 1 fully saturated rings. The van der Waals surface area contributed by atoms with Crippen molar-refractivity contribution in [3.63, 3.8) is 0 Å². The Balaban J connectivity index is 2.45. The number of likely N-dealkylation sites (N-methyl/N-ethyl adjacent to an activating group) is 1. The standard InChI is InChI=1S/C10H22N2/c1-3-12(4-2)10-8-6-5-7-9(10)11/h9-10H,3-8,11H2,1-2H3/t9-,10+/m0/s1. The fraction of sp³-hybridized carbons (Fsp3) is 1.00. The van der Waals surface area contributed by atoms with E-state index >= 15 is 0 Å². The lowest BCUT2D eigenvalue weighted by molar-refractivity contribution is 0.151. The van der Waals surface area contributed by atoms with Gasteiger partial charge < -0.3 is 5.73 Å². The summed E-state index contributed by atoms with van der Waals surface area (Å²) in [4.78, 5) is 2.50. The molecule has 0 aromatic rings. The average molecular weight is 170 g/mol. The van der Waals surface area contributed by atoms with Gasteiger partial charge in [-0.3, -0.25) is 4.90 Å². The predicted octanol–water partition coefficient (Wildman–Crippen LogP) is 1.60. The molecule has 0 heterocycles. The Labute approximate surface area is 76.1 Å². The van der Waals surface area contributed by atoms with Crippen molar-refractivity contribution in [1.29, 1.82) is 0 Å². The summed E-state index contributed by atoms with van der Waals surface area (Å²) in [7, 11) is 0. The van der Waals surface area contributed by atoms with Crippen molar-refractivity contribution in [3.8, 4) is 0 Å². The summed E-state index contributed by atoms with van der Waals surface area (Å²) in [6.07, 6.45) is 5.23. The molecule has 72 valence electrons. The summed E-state index contributed by atoms with van der Waals surface area (Å²) in [6, 6.07) is 1.09. The molecule has 0 saturated heterocycles. The van der Waals surface area contributed by atoms with E-state index in [1.165, 1.54) is 25.7 Å². The van der Waals surface area contributed by atoms with Crippen LogP contribution in [-0.2, 0) is 0 Å². The van der Waals surface area contributed by atoms with Crippen LogP contribution in [0.1, 0.15) is 39.5 Å². The summed E-state index contributed by atoms with van der Waals surface area (Å²) < 4.78 is 0. The minimum absolute atomic E-state index is 0.429. The molecule has 0 spiro atoms. The maximum absolute atomic E-state index is 6.09. The first-order valence-corrected chi connectivity index (χ1v) is 5.29. The molecule has 0 aromatic heterocycles. The van der Waals surface area contributed by atoms with E-state index in [1.807, 2.05) is 0 Å². The Morgan fingerprint density at radius 1 is 1.17 bits per heavy atom. The maximum Gasteiger partial charge on any atom is 0.0246 e. The Morgan fingerprint density at radius 3 is 2.25 bits per heavy atom. The van der Waals surface area contributed by atoms with Gasteiger partial charge >= 0.3 is 0 Å². The van der Waals surface area contributed by atoms with Crippen LogP contribution in [-0.4, -0.2) is 30.1 Å². The molecule has 2 nitrogen and oxygen atoms in total. The van der Waals surface area contributed by atoms with Gasteiger partial charge in [0.25, 0.3) is 0 Å². The van der Waals surface area contributed by atoms with Crippen LogP contribution in [0.25, 0.3) is 0 Å². The quantitative estimate of drug-likeness (QED) is 0.697. The molecule has 0 amide bonds. The molecule has 0 unspecified atom stereocenters. The van der Waals surface area contributed by atoms with E-state index in [0.717, 1.165) is 13.1 Å². The first kappa shape index (κ1) is 10.0. The van der Waals surface area contributed by atoms with Crippen LogP contribution in [0.15, 0.2) is 0 Å². The van der Waals surface area contributed by atoms with Gasteiger partial charge in [-0.15, -0.1) is 0 Å². The van der Waals surface area contributed by atoms with Crippen molar-refractivity contribution in [2.24, 2.45) is 5.73 Å². The SMILES string of the molecule is CCN(CC)[C@@H]1CCCC[C@@H]1N. The van der Waals surface area contributed by atoms with Crippen molar-refractivity contribution in [2.45, 2.75) is 51.6 Å². The van der Waals surface area contributed by atoms with Gasteiger partial charge in [0.2, 0.25) is 0 Å². The molecule has 0 bridgehead atoms. The maximum atomic E-state index is 6.09. The van der Waals surface area contributed by atoms with Crippen LogP contribution in [0.2, 0.25) is 0 Å². The van der Waals surface area contributed by atoms with Gasteiger partial charge in [-0.25, -0.2) is 0 Å². The monoisotopic (exact) mass is 170 g/mol. The second-order valence-corrected chi connectivity index (χ2v) is 3.74. The molecule has 1 aliphatic rings. The minimum Gasteiger partial charge on any atom is -0.326 e. The van der Waals surface area contributed by atoms with Gasteiger partial charge in [-0.1, -0.05) is 26.7 Å². The van der Waals surface area contributed by atoms with Gasteiger partial charge in [0.15, 0.2) is 0 Å². The number of hydrogen-bond acceptors (Lipinski definition) is 2. The molecule has 12 heavy (non-hydrogen) atoms. The summed E-state index contributed by atoms with van der Waals surface area (Å²) in [5.74, 6) is 0. The van der Waals surface area contributed by atoms with Crippen LogP contribution in [0.4, 0.5) is 0 Å². The van der Waals surface area contributed by atoms with E-state index in [9.17, 15) is 0 Å². The fourth-order valence-electron chi connectivity index (χ4n) is 2.29. The number of nitrogens with two attached hydrogens (primary N) is 1. The summed E-state index contributed by atoms with van der Waals surface area (Å²) in [5, 5.41) is 0. The third-order valence-electron chi connectivity index (χ3n) is 3.06. The van der Waals surface area contributed by atoms with Crippen LogP contribution < -0.4 is 5.73 Å². The minimum atomic E-state index is 0.429. The largest absolute Gasteiger partial charge is 0.326 e. The number of hydrogen-bond donors (Lipinski definition) is 1. The predicted molar refractivity (Wildman–Crippen MR) is 53.2 cm³/mol. The second kappa shape index (κ2) is 4.83. The lowest BCUT2D eigenvalue weighted by atomic mass is 9.90. The van der Waals surface area contributed by atoms with Crippen LogP contribution in [0.5, 0.6) is 0 Å². The molecule has 1 aliphatic carbocycles. The molecule has 1 rings (SSSR count). The molecule has 0 aromatic carbocycles. The van der Waals surface area contributed by atoms with E-state index in [1.54, 1.807) is 0 Å². The van der Waals surface area contributed by atoms with E-state index < -0.39 is 0 Å². The second-order valence-electron chi connectivity index (χ2n) is 3.74. The Hall–Kier alpha value is -0.0800. The average Bonchev–Trinajstić information content (AvgIpc) is 2.10. The van der Waals surface area contributed by atoms with E-state index in [0.29, 0.717) is 12.1 Å². The first-order chi connectivity index (χ1) is 5.79. The van der Waals surface area contributed by atoms with Crippen molar-refractivity contribution in [2.75, 3.05) is 13.1 Å². The highest BCUT2D eigenvalue weighted by molar-refractivity contribution is 4.84. The molecule has 0 radical (unpaired) electrons. The van der Waals surface area contributed by atoms with Crippen LogP contribution >= 0.6 is 0 Å². The van der Waals surface area contributed by atoms with Crippen LogP contribution in [0.3, 0.4) is 0 Å². The summed E-state index contributed by atoms with van der Waals surface area (Å²) in [6.45, 7) is 6.75. The highest BCUT2D eigenvalue weighted by atomic mass is 15.2. The highest BCUT2D eigenvalue weighted by Crippen LogP contribution is 2.21. The normalized spacial score (nSPS) is 31.0. The lowest BCUT2D eigenvalue weighted by Gasteiger charge is -2.37. The van der Waals surface area contributed by atoms with Gasteiger partial charge in [0.1, 0.15) is 0 Å². The zero-order valence-electron chi connectivity index (χ0n) is 8.42. The Bertz CT molecular complexity index is 121. The third kappa shape index (κ3) is 2.20. The molecule has 1 saturated carbocycles. The van der Waals surface area contributed by atoms with Gasteiger partial charge in [0.05, 0.1) is 0 Å². The van der Waals surface area contributed by atoms with Gasteiger partial charge in [-0.05, 0) is 25.9 Å². The molecule has 2 N–H and O–H groups in total. The molecule has 0 aliphatic heterocycles.